The summed E-state index contributed by atoms with van der Waals surface area (Å²) < 4.78 is 14.3. The Hall–Kier alpha value is -5.05. The topological polar surface area (TPSA) is 196 Å². The van der Waals surface area contributed by atoms with E-state index in [4.69, 9.17) is 9.47 Å². The number of carbonyl (C=O) groups excluding carboxylic acids is 5. The average Bonchev–Trinajstić information content (AvgIpc) is 2.98. The lowest BCUT2D eigenvalue weighted by molar-refractivity contribution is -0.147. The van der Waals surface area contributed by atoms with E-state index >= 15 is 0 Å². The first kappa shape index (κ1) is 30.5. The van der Waals surface area contributed by atoms with Gasteiger partial charge in [0.2, 0.25) is 5.91 Å². The van der Waals surface area contributed by atoms with Crippen molar-refractivity contribution >= 4 is 52.9 Å². The van der Waals surface area contributed by atoms with Crippen LogP contribution in [0.2, 0.25) is 0 Å². The van der Waals surface area contributed by atoms with Crippen molar-refractivity contribution in [2.24, 2.45) is 0 Å². The molecule has 1 aromatic heterocycles. The third kappa shape index (κ3) is 8.99. The number of methoxy groups -OCH3 is 2. The highest BCUT2D eigenvalue weighted by molar-refractivity contribution is 7.99. The van der Waals surface area contributed by atoms with Gasteiger partial charge < -0.3 is 24.8 Å². The van der Waals surface area contributed by atoms with Crippen LogP contribution >= 0.6 is 11.8 Å². The Morgan fingerprint density at radius 3 is 1.95 bits per heavy atom. The van der Waals surface area contributed by atoms with E-state index in [1.807, 2.05) is 0 Å². The number of hydrogen-bond donors (Lipinski definition) is 3. The Bertz CT molecular complexity index is 1510. The molecule has 0 fully saturated rings. The molecule has 3 rings (SSSR count). The van der Waals surface area contributed by atoms with Crippen molar-refractivity contribution < 1.29 is 38.2 Å². The predicted molar refractivity (Wildman–Crippen MR) is 145 cm³/mol. The fraction of sp³-hybridized carbons (Fsp3) is 0.231. The summed E-state index contributed by atoms with van der Waals surface area (Å²) in [7, 11) is 2.44. The number of thioether (sulfide) groups is 1. The molecule has 0 radical (unpaired) electrons. The molecule has 0 aliphatic heterocycles. The molecule has 0 saturated carbocycles. The molecule has 0 atom stereocenters. The van der Waals surface area contributed by atoms with Crippen LogP contribution in [0.3, 0.4) is 0 Å². The van der Waals surface area contributed by atoms with E-state index in [1.54, 1.807) is 30.3 Å². The Morgan fingerprint density at radius 1 is 0.829 bits per heavy atom. The smallest absolute Gasteiger partial charge is 0.339 e. The number of nitrogens with one attached hydrogen (secondary N) is 3. The van der Waals surface area contributed by atoms with Gasteiger partial charge in [0.25, 0.3) is 11.5 Å². The van der Waals surface area contributed by atoms with Gasteiger partial charge in [0.05, 0.1) is 48.9 Å². The minimum absolute atomic E-state index is 0.0424. The van der Waals surface area contributed by atoms with Crippen LogP contribution in [0.25, 0.3) is 0 Å². The van der Waals surface area contributed by atoms with Crippen molar-refractivity contribution in [3.05, 3.63) is 75.7 Å². The van der Waals surface area contributed by atoms with E-state index < -0.39 is 41.9 Å². The molecule has 214 valence electrons. The van der Waals surface area contributed by atoms with Crippen molar-refractivity contribution in [2.75, 3.05) is 37.2 Å². The van der Waals surface area contributed by atoms with E-state index in [-0.39, 0.29) is 51.9 Å². The summed E-state index contributed by atoms with van der Waals surface area (Å²) >= 11 is 0.909. The van der Waals surface area contributed by atoms with Gasteiger partial charge in [-0.15, -0.1) is 10.2 Å². The fourth-order valence-electron chi connectivity index (χ4n) is 3.28. The lowest BCUT2D eigenvalue weighted by Crippen LogP contribution is -2.23. The zero-order valence-corrected chi connectivity index (χ0v) is 22.7. The van der Waals surface area contributed by atoms with Crippen molar-refractivity contribution in [1.29, 1.82) is 0 Å². The number of anilines is 2. The van der Waals surface area contributed by atoms with Gasteiger partial charge in [-0.2, -0.15) is 0 Å². The van der Waals surface area contributed by atoms with Gasteiger partial charge in [-0.1, -0.05) is 36.0 Å². The third-order valence-corrected chi connectivity index (χ3v) is 6.09. The van der Waals surface area contributed by atoms with Crippen LogP contribution < -0.4 is 16.2 Å². The fourth-order valence-corrected chi connectivity index (χ4v) is 3.88. The van der Waals surface area contributed by atoms with E-state index in [2.05, 4.69) is 30.6 Å². The van der Waals surface area contributed by atoms with Crippen LogP contribution in [0.15, 0.2) is 58.5 Å². The quantitative estimate of drug-likeness (QED) is 0.158. The molecular formula is C26H25N5O9S. The Morgan fingerprint density at radius 2 is 1.39 bits per heavy atom. The van der Waals surface area contributed by atoms with E-state index in [9.17, 15) is 28.8 Å². The molecule has 3 N–H and O–H groups in total. The molecule has 0 bridgehead atoms. The van der Waals surface area contributed by atoms with Crippen LogP contribution in [-0.4, -0.2) is 71.5 Å². The second-order valence-electron chi connectivity index (χ2n) is 8.03. The number of aryl methyl sites for hydroxylation is 1. The average molecular weight is 584 g/mol. The highest BCUT2D eigenvalue weighted by Crippen LogP contribution is 2.18. The van der Waals surface area contributed by atoms with Gasteiger partial charge in [-0.05, 0) is 24.3 Å². The number of ether oxygens (including phenoxy) is 3. The first-order chi connectivity index (χ1) is 19.7. The molecule has 0 saturated heterocycles. The number of aromatic amines is 1. The molecule has 2 aromatic carbocycles. The van der Waals surface area contributed by atoms with Crippen LogP contribution in [0, 0.1) is 0 Å². The van der Waals surface area contributed by atoms with Crippen LogP contribution in [0.5, 0.6) is 0 Å². The molecule has 3 aromatic rings. The standard InChI is InChI=1S/C26H25N5O9S/c1-38-24(36)15-7-3-5-9-17(15)27-20(32)13-40-22(34)12-11-19-23(35)29-26(31-30-19)41-14-21(33)28-18-10-6-4-8-16(18)25(37)39-2/h3-10H,11-14H2,1-2H3,(H,27,32)(H,28,33)(H,29,31,35). The molecule has 14 nitrogen and oxygen atoms in total. The molecule has 0 unspecified atom stereocenters. The van der Waals surface area contributed by atoms with Crippen LogP contribution in [-0.2, 0) is 35.0 Å². The van der Waals surface area contributed by atoms with Crippen molar-refractivity contribution in [1.82, 2.24) is 15.2 Å². The van der Waals surface area contributed by atoms with Crippen molar-refractivity contribution in [3.63, 3.8) is 0 Å². The number of aromatic nitrogens is 3. The Labute approximate surface area is 237 Å². The molecule has 0 aliphatic carbocycles. The number of benzene rings is 2. The monoisotopic (exact) mass is 583 g/mol. The molecule has 2 amide bonds. The van der Waals surface area contributed by atoms with Gasteiger partial charge in [-0.3, -0.25) is 24.2 Å². The number of H-pyrrole nitrogens is 1. The molecule has 1 heterocycles. The van der Waals surface area contributed by atoms with Gasteiger partial charge in [0, 0.05) is 6.42 Å². The third-order valence-electron chi connectivity index (χ3n) is 5.23. The number of amides is 2. The maximum atomic E-state index is 12.3. The summed E-state index contributed by atoms with van der Waals surface area (Å²) in [5.74, 6) is -3.28. The maximum Gasteiger partial charge on any atom is 0.339 e. The second kappa shape index (κ2) is 14.9. The molecule has 41 heavy (non-hydrogen) atoms. The Balaban J connectivity index is 1.45. The van der Waals surface area contributed by atoms with E-state index in [1.165, 1.54) is 32.4 Å². The predicted octanol–water partition coefficient (Wildman–Crippen LogP) is 1.58. The SMILES string of the molecule is COC(=O)c1ccccc1NC(=O)COC(=O)CCc1nnc(SCC(=O)Nc2ccccc2C(=O)OC)[nH]c1=O. The van der Waals surface area contributed by atoms with Gasteiger partial charge in [0.15, 0.2) is 11.8 Å². The highest BCUT2D eigenvalue weighted by atomic mass is 32.2. The minimum atomic E-state index is -0.759. The molecule has 0 aliphatic rings. The maximum absolute atomic E-state index is 12.3. The summed E-state index contributed by atoms with van der Waals surface area (Å²) in [5, 5.41) is 12.8. The highest BCUT2D eigenvalue weighted by Gasteiger charge is 2.16. The number of nitrogens with zero attached hydrogens (tertiary/aromatic N) is 2. The van der Waals surface area contributed by atoms with Gasteiger partial charge in [0.1, 0.15) is 5.69 Å². The second-order valence-corrected chi connectivity index (χ2v) is 8.99. The lowest BCUT2D eigenvalue weighted by Gasteiger charge is -2.10. The number of para-hydroxylation sites is 2. The minimum Gasteiger partial charge on any atom is -0.465 e. The summed E-state index contributed by atoms with van der Waals surface area (Å²) in [6.45, 7) is -0.613. The van der Waals surface area contributed by atoms with Crippen LogP contribution in [0.4, 0.5) is 11.4 Å². The lowest BCUT2D eigenvalue weighted by atomic mass is 10.2. The zero-order chi connectivity index (χ0) is 29.8. The molecular weight excluding hydrogens is 558 g/mol. The first-order valence-corrected chi connectivity index (χ1v) is 12.9. The van der Waals surface area contributed by atoms with Gasteiger partial charge in [-0.25, -0.2) is 9.59 Å². The van der Waals surface area contributed by atoms with E-state index in [0.29, 0.717) is 0 Å². The van der Waals surface area contributed by atoms with Gasteiger partial charge >= 0.3 is 17.9 Å². The summed E-state index contributed by atoms with van der Waals surface area (Å²) in [5.41, 5.74) is 0.148. The summed E-state index contributed by atoms with van der Waals surface area (Å²) in [6.07, 6.45) is -0.359. The molecule has 15 heteroatoms. The Kier molecular flexibility index (Phi) is 11.1. The first-order valence-electron chi connectivity index (χ1n) is 11.9. The van der Waals surface area contributed by atoms with E-state index in [0.717, 1.165) is 11.8 Å². The van der Waals surface area contributed by atoms with Crippen molar-refractivity contribution in [2.45, 2.75) is 18.0 Å². The van der Waals surface area contributed by atoms with Crippen molar-refractivity contribution in [3.8, 4) is 0 Å². The summed E-state index contributed by atoms with van der Waals surface area (Å²) in [4.78, 5) is 75.0. The molecule has 0 spiro atoms. The number of carbonyl (C=O) groups is 5. The number of hydrogen-bond acceptors (Lipinski definition) is 12. The largest absolute Gasteiger partial charge is 0.465 e. The summed E-state index contributed by atoms with van der Waals surface area (Å²) in [6, 6.07) is 12.5. The number of esters is 3. The van der Waals surface area contributed by atoms with Crippen LogP contribution in [0.1, 0.15) is 32.8 Å². The zero-order valence-electron chi connectivity index (χ0n) is 21.9. The normalized spacial score (nSPS) is 10.3. The number of rotatable bonds is 12.